The molecule has 2 aromatic carbocycles. The molecule has 0 bridgehead atoms. The molecule has 0 atom stereocenters. The van der Waals surface area contributed by atoms with E-state index in [1.165, 1.54) is 6.07 Å². The number of rotatable bonds is 8. The number of ether oxygens (including phenoxy) is 1. The van der Waals surface area contributed by atoms with Gasteiger partial charge >= 0.3 is 12.1 Å². The first kappa shape index (κ1) is 25.9. The first-order valence-electron chi connectivity index (χ1n) is 9.98. The molecule has 0 aliphatic heterocycles. The third kappa shape index (κ3) is 7.94. The molecule has 1 amide bonds. The quantitative estimate of drug-likeness (QED) is 0.361. The molecule has 4 nitrogen and oxygen atoms in total. The third-order valence-electron chi connectivity index (χ3n) is 4.57. The van der Waals surface area contributed by atoms with Gasteiger partial charge in [0.25, 0.3) is 0 Å². The molecule has 0 saturated carbocycles. The third-order valence-corrected chi connectivity index (χ3v) is 5.18. The second-order valence-corrected chi connectivity index (χ2v) is 7.59. The Labute approximate surface area is 195 Å². The van der Waals surface area contributed by atoms with E-state index in [1.807, 2.05) is 0 Å². The maximum atomic E-state index is 12.7. The number of halogens is 5. The van der Waals surface area contributed by atoms with Crippen molar-refractivity contribution in [3.63, 3.8) is 0 Å². The highest BCUT2D eigenvalue weighted by molar-refractivity contribution is 6.32. The lowest BCUT2D eigenvalue weighted by atomic mass is 10.1. The lowest BCUT2D eigenvalue weighted by Crippen LogP contribution is -2.25. The molecule has 0 fully saturated rings. The van der Waals surface area contributed by atoms with Crippen molar-refractivity contribution in [3.05, 3.63) is 57.6 Å². The molecule has 172 valence electrons. The van der Waals surface area contributed by atoms with E-state index >= 15 is 0 Å². The average Bonchev–Trinajstić information content (AvgIpc) is 2.73. The number of benzene rings is 2. The predicted molar refractivity (Wildman–Crippen MR) is 121 cm³/mol. The van der Waals surface area contributed by atoms with E-state index in [0.717, 1.165) is 44.3 Å². The Hall–Kier alpha value is -2.40. The van der Waals surface area contributed by atoms with Crippen molar-refractivity contribution in [1.82, 2.24) is 4.90 Å². The molecule has 0 unspecified atom stereocenters. The maximum Gasteiger partial charge on any atom is 0.416 e. The van der Waals surface area contributed by atoms with Crippen LogP contribution in [-0.4, -0.2) is 37.0 Å². The van der Waals surface area contributed by atoms with Crippen LogP contribution in [0.25, 0.3) is 0 Å². The van der Waals surface area contributed by atoms with E-state index in [-0.39, 0.29) is 10.6 Å². The first-order chi connectivity index (χ1) is 15.1. The smallest absolute Gasteiger partial charge is 0.416 e. The van der Waals surface area contributed by atoms with Crippen LogP contribution in [0.5, 0.6) is 5.75 Å². The Bertz CT molecular complexity index is 997. The summed E-state index contributed by atoms with van der Waals surface area (Å²) in [4.78, 5) is 14.4. The molecule has 0 aliphatic carbocycles. The Morgan fingerprint density at radius 1 is 1.09 bits per heavy atom. The van der Waals surface area contributed by atoms with Gasteiger partial charge in [0.2, 0.25) is 0 Å². The first-order valence-corrected chi connectivity index (χ1v) is 10.7. The summed E-state index contributed by atoms with van der Waals surface area (Å²) in [5.74, 6) is 4.61. The lowest BCUT2D eigenvalue weighted by Gasteiger charge is -2.18. The van der Waals surface area contributed by atoms with Gasteiger partial charge in [-0.3, -0.25) is 4.79 Å². The number of amides is 1. The molecule has 0 radical (unpaired) electrons. The Morgan fingerprint density at radius 3 is 2.41 bits per heavy atom. The van der Waals surface area contributed by atoms with Gasteiger partial charge in [-0.05, 0) is 55.9 Å². The van der Waals surface area contributed by atoms with Crippen LogP contribution in [0.3, 0.4) is 0 Å². The highest BCUT2D eigenvalue weighted by Gasteiger charge is 2.30. The fraction of sp³-hybridized carbons (Fsp3) is 0.348. The van der Waals surface area contributed by atoms with E-state index < -0.39 is 17.6 Å². The van der Waals surface area contributed by atoms with Gasteiger partial charge in [-0.25, -0.2) is 0 Å². The van der Waals surface area contributed by atoms with Crippen LogP contribution in [0, 0.1) is 11.8 Å². The van der Waals surface area contributed by atoms with Crippen molar-refractivity contribution in [2.24, 2.45) is 0 Å². The summed E-state index contributed by atoms with van der Waals surface area (Å²) in [7, 11) is 0. The van der Waals surface area contributed by atoms with E-state index in [9.17, 15) is 18.0 Å². The molecule has 2 rings (SSSR count). The zero-order valence-corrected chi connectivity index (χ0v) is 19.2. The number of nitrogens with zero attached hydrogens (tertiary/aromatic N) is 1. The molecule has 0 spiro atoms. The molecule has 0 aliphatic rings. The summed E-state index contributed by atoms with van der Waals surface area (Å²) in [5, 5.41) is 2.70. The normalized spacial score (nSPS) is 11.1. The van der Waals surface area contributed by atoms with Crippen LogP contribution in [0.2, 0.25) is 10.0 Å². The van der Waals surface area contributed by atoms with Gasteiger partial charge in [0, 0.05) is 23.7 Å². The van der Waals surface area contributed by atoms with Gasteiger partial charge in [-0.2, -0.15) is 13.2 Å². The minimum absolute atomic E-state index is 0.112. The topological polar surface area (TPSA) is 41.6 Å². The molecule has 0 heterocycles. The highest BCUT2D eigenvalue weighted by Crippen LogP contribution is 2.32. The van der Waals surface area contributed by atoms with Crippen molar-refractivity contribution in [2.45, 2.75) is 26.4 Å². The van der Waals surface area contributed by atoms with Gasteiger partial charge in [0.05, 0.1) is 22.2 Å². The van der Waals surface area contributed by atoms with Crippen molar-refractivity contribution >= 4 is 34.8 Å². The standard InChI is InChI=1S/C23H23Cl2F3N2O2/c1-3-30(4-2)12-5-13-32-21-10-9-18(15-20(21)25)29-22(31)11-7-16-6-8-17(14-19(16)24)23(26,27)28/h6,8-10,14-15H,3-5,12-13H2,1-2H3,(H,29,31). The minimum Gasteiger partial charge on any atom is -0.492 e. The number of anilines is 1. The Kier molecular flexibility index (Phi) is 9.70. The average molecular weight is 487 g/mol. The van der Waals surface area contributed by atoms with Gasteiger partial charge < -0.3 is 15.0 Å². The second kappa shape index (κ2) is 12.0. The Balaban J connectivity index is 1.94. The molecular formula is C23H23Cl2F3N2O2. The monoisotopic (exact) mass is 486 g/mol. The van der Waals surface area contributed by atoms with Gasteiger partial charge in [-0.1, -0.05) is 43.0 Å². The van der Waals surface area contributed by atoms with Crippen molar-refractivity contribution in [3.8, 4) is 17.6 Å². The van der Waals surface area contributed by atoms with Crippen molar-refractivity contribution < 1.29 is 22.7 Å². The molecule has 0 aromatic heterocycles. The van der Waals surface area contributed by atoms with Crippen LogP contribution < -0.4 is 10.1 Å². The largest absolute Gasteiger partial charge is 0.492 e. The molecule has 1 N–H and O–H groups in total. The molecule has 9 heteroatoms. The number of hydrogen-bond donors (Lipinski definition) is 1. The van der Waals surface area contributed by atoms with Crippen LogP contribution in [0.4, 0.5) is 18.9 Å². The van der Waals surface area contributed by atoms with Gasteiger partial charge in [-0.15, -0.1) is 0 Å². The van der Waals surface area contributed by atoms with E-state index in [4.69, 9.17) is 27.9 Å². The van der Waals surface area contributed by atoms with Crippen molar-refractivity contribution in [2.75, 3.05) is 31.6 Å². The fourth-order valence-electron chi connectivity index (χ4n) is 2.79. The molecular weight excluding hydrogens is 464 g/mol. The summed E-state index contributed by atoms with van der Waals surface area (Å²) in [6.07, 6.45) is -3.65. The van der Waals surface area contributed by atoms with Crippen LogP contribution in [0.1, 0.15) is 31.4 Å². The summed E-state index contributed by atoms with van der Waals surface area (Å²) < 4.78 is 43.7. The van der Waals surface area contributed by atoms with Crippen LogP contribution in [-0.2, 0) is 11.0 Å². The van der Waals surface area contributed by atoms with E-state index in [0.29, 0.717) is 23.1 Å². The number of hydrogen-bond acceptors (Lipinski definition) is 3. The van der Waals surface area contributed by atoms with Crippen LogP contribution >= 0.6 is 23.2 Å². The molecule has 0 saturated heterocycles. The van der Waals surface area contributed by atoms with Crippen LogP contribution in [0.15, 0.2) is 36.4 Å². The highest BCUT2D eigenvalue weighted by atomic mass is 35.5. The SMILES string of the molecule is CCN(CC)CCCOc1ccc(NC(=O)C#Cc2ccc(C(F)(F)F)cc2Cl)cc1Cl. The maximum absolute atomic E-state index is 12.7. The van der Waals surface area contributed by atoms with Crippen molar-refractivity contribution in [1.29, 1.82) is 0 Å². The van der Waals surface area contributed by atoms with Gasteiger partial charge in [0.15, 0.2) is 0 Å². The summed E-state index contributed by atoms with van der Waals surface area (Å²) in [6.45, 7) is 7.63. The second-order valence-electron chi connectivity index (χ2n) is 6.77. The number of carbonyl (C=O) groups excluding carboxylic acids is 1. The lowest BCUT2D eigenvalue weighted by molar-refractivity contribution is -0.137. The predicted octanol–water partition coefficient (Wildman–Crippen LogP) is 6.11. The van der Waals surface area contributed by atoms with E-state index in [2.05, 4.69) is 35.9 Å². The summed E-state index contributed by atoms with van der Waals surface area (Å²) in [6, 6.07) is 7.55. The molecule has 32 heavy (non-hydrogen) atoms. The minimum atomic E-state index is -4.51. The fourth-order valence-corrected chi connectivity index (χ4v) is 3.25. The number of alkyl halides is 3. The zero-order valence-electron chi connectivity index (χ0n) is 17.7. The zero-order chi connectivity index (χ0) is 23.7. The Morgan fingerprint density at radius 2 is 1.81 bits per heavy atom. The summed E-state index contributed by atoms with van der Waals surface area (Å²) >= 11 is 12.1. The number of carbonyl (C=O) groups is 1. The number of nitrogens with one attached hydrogen (secondary N) is 1. The molecule has 2 aromatic rings. The van der Waals surface area contributed by atoms with Gasteiger partial charge in [0.1, 0.15) is 5.75 Å². The summed E-state index contributed by atoms with van der Waals surface area (Å²) in [5.41, 5.74) is -0.368. The van der Waals surface area contributed by atoms with E-state index in [1.54, 1.807) is 12.1 Å².